The molecular formula is C9H17N3O4. The third-order valence-electron chi connectivity index (χ3n) is 1.88. The van der Waals surface area contributed by atoms with Gasteiger partial charge in [-0.25, -0.2) is 0 Å². The second kappa shape index (κ2) is 6.78. The van der Waals surface area contributed by atoms with Gasteiger partial charge in [0.25, 0.3) is 0 Å². The van der Waals surface area contributed by atoms with Crippen molar-refractivity contribution in [1.29, 1.82) is 0 Å². The first-order chi connectivity index (χ1) is 7.32. The van der Waals surface area contributed by atoms with Gasteiger partial charge in [-0.1, -0.05) is 0 Å². The molecule has 0 heterocycles. The summed E-state index contributed by atoms with van der Waals surface area (Å²) in [4.78, 5) is 35.1. The molecule has 0 atom stereocenters. The molecule has 0 aromatic rings. The summed E-state index contributed by atoms with van der Waals surface area (Å²) in [5, 5.41) is 8.58. The van der Waals surface area contributed by atoms with Crippen molar-refractivity contribution >= 4 is 17.8 Å². The van der Waals surface area contributed by atoms with Gasteiger partial charge in [-0.15, -0.1) is 0 Å². The number of nitrogens with two attached hydrogens (primary N) is 1. The lowest BCUT2D eigenvalue weighted by atomic mass is 10.3. The molecule has 3 N–H and O–H groups in total. The van der Waals surface area contributed by atoms with Crippen LogP contribution in [-0.4, -0.2) is 66.4 Å². The van der Waals surface area contributed by atoms with Crippen LogP contribution in [0.25, 0.3) is 0 Å². The monoisotopic (exact) mass is 231 g/mol. The smallest absolute Gasteiger partial charge is 0.317 e. The van der Waals surface area contributed by atoms with E-state index in [0.29, 0.717) is 0 Å². The number of aliphatic carboxylic acids is 1. The molecule has 0 radical (unpaired) electrons. The van der Waals surface area contributed by atoms with Crippen LogP contribution in [-0.2, 0) is 14.4 Å². The lowest BCUT2D eigenvalue weighted by Crippen LogP contribution is -2.39. The Labute approximate surface area is 93.8 Å². The van der Waals surface area contributed by atoms with Crippen molar-refractivity contribution in [1.82, 2.24) is 9.80 Å². The van der Waals surface area contributed by atoms with Crippen LogP contribution in [0.1, 0.15) is 6.42 Å². The van der Waals surface area contributed by atoms with E-state index in [-0.39, 0.29) is 32.0 Å². The predicted octanol–water partition coefficient (Wildman–Crippen LogP) is -1.66. The summed E-state index contributed by atoms with van der Waals surface area (Å²) < 4.78 is 0. The molecule has 0 saturated carbocycles. The van der Waals surface area contributed by atoms with E-state index in [4.69, 9.17) is 10.8 Å². The first-order valence-electron chi connectivity index (χ1n) is 4.75. The number of carbonyl (C=O) groups excluding carboxylic acids is 2. The summed E-state index contributed by atoms with van der Waals surface area (Å²) in [5.41, 5.74) is 4.97. The number of rotatable bonds is 7. The van der Waals surface area contributed by atoms with E-state index in [1.54, 1.807) is 14.1 Å². The molecule has 0 aliphatic heterocycles. The molecule has 0 aromatic heterocycles. The summed E-state index contributed by atoms with van der Waals surface area (Å²) >= 11 is 0. The number of carbonyl (C=O) groups is 3. The average molecular weight is 231 g/mol. The van der Waals surface area contributed by atoms with Gasteiger partial charge in [-0.05, 0) is 0 Å². The average Bonchev–Trinajstić information content (AvgIpc) is 2.11. The van der Waals surface area contributed by atoms with Crippen molar-refractivity contribution in [2.75, 3.05) is 33.7 Å². The van der Waals surface area contributed by atoms with Gasteiger partial charge >= 0.3 is 5.97 Å². The molecule has 0 rings (SSSR count). The predicted molar refractivity (Wildman–Crippen MR) is 56.6 cm³/mol. The van der Waals surface area contributed by atoms with Crippen LogP contribution in [0.2, 0.25) is 0 Å². The maximum Gasteiger partial charge on any atom is 0.317 e. The molecule has 7 heteroatoms. The fraction of sp³-hybridized carbons (Fsp3) is 0.667. The highest BCUT2D eigenvalue weighted by Crippen LogP contribution is 1.94. The van der Waals surface area contributed by atoms with Crippen LogP contribution < -0.4 is 5.73 Å². The van der Waals surface area contributed by atoms with Gasteiger partial charge in [0, 0.05) is 27.1 Å². The first-order valence-corrected chi connectivity index (χ1v) is 4.75. The van der Waals surface area contributed by atoms with E-state index in [9.17, 15) is 14.4 Å². The first kappa shape index (κ1) is 14.4. The van der Waals surface area contributed by atoms with Crippen molar-refractivity contribution in [2.45, 2.75) is 6.42 Å². The zero-order chi connectivity index (χ0) is 12.7. The van der Waals surface area contributed by atoms with Gasteiger partial charge in [-0.3, -0.25) is 19.3 Å². The molecule has 92 valence electrons. The second-order valence-corrected chi connectivity index (χ2v) is 3.61. The standard InChI is InChI=1S/C9H17N3O4/c1-11(2)8(14)3-4-12(5-7(10)13)6-9(15)16/h3-6H2,1-2H3,(H2,10,13)(H,15,16). The molecular weight excluding hydrogens is 214 g/mol. The lowest BCUT2D eigenvalue weighted by molar-refractivity contribution is -0.139. The summed E-state index contributed by atoms with van der Waals surface area (Å²) in [7, 11) is 3.22. The maximum atomic E-state index is 11.3. The van der Waals surface area contributed by atoms with Crippen LogP contribution in [0.15, 0.2) is 0 Å². The van der Waals surface area contributed by atoms with Gasteiger partial charge < -0.3 is 15.7 Å². The van der Waals surface area contributed by atoms with Gasteiger partial charge in [-0.2, -0.15) is 0 Å². The molecule has 0 unspecified atom stereocenters. The molecule has 0 saturated heterocycles. The van der Waals surface area contributed by atoms with Gasteiger partial charge in [0.05, 0.1) is 13.1 Å². The van der Waals surface area contributed by atoms with Crippen LogP contribution in [0.4, 0.5) is 0 Å². The second-order valence-electron chi connectivity index (χ2n) is 3.61. The van der Waals surface area contributed by atoms with E-state index >= 15 is 0 Å². The number of nitrogens with zero attached hydrogens (tertiary/aromatic N) is 2. The van der Waals surface area contributed by atoms with Crippen LogP contribution in [0, 0.1) is 0 Å². The van der Waals surface area contributed by atoms with Crippen LogP contribution in [0.3, 0.4) is 0 Å². The Morgan fingerprint density at radius 2 is 1.75 bits per heavy atom. The third kappa shape index (κ3) is 6.77. The molecule has 2 amide bonds. The molecule has 0 aliphatic carbocycles. The quantitative estimate of drug-likeness (QED) is 0.545. The largest absolute Gasteiger partial charge is 0.480 e. The SMILES string of the molecule is CN(C)C(=O)CCN(CC(N)=O)CC(=O)O. The fourth-order valence-electron chi connectivity index (χ4n) is 1.10. The Morgan fingerprint density at radius 3 is 2.12 bits per heavy atom. The third-order valence-corrected chi connectivity index (χ3v) is 1.88. The Morgan fingerprint density at radius 1 is 1.19 bits per heavy atom. The normalized spacial score (nSPS) is 10.2. The van der Waals surface area contributed by atoms with Crippen molar-refractivity contribution in [2.24, 2.45) is 5.73 Å². The molecule has 0 bridgehead atoms. The maximum absolute atomic E-state index is 11.3. The fourth-order valence-corrected chi connectivity index (χ4v) is 1.10. The molecule has 0 spiro atoms. The Kier molecular flexibility index (Phi) is 6.09. The van der Waals surface area contributed by atoms with Crippen molar-refractivity contribution in [3.63, 3.8) is 0 Å². The number of hydrogen-bond donors (Lipinski definition) is 2. The summed E-state index contributed by atoms with van der Waals surface area (Å²) in [6.07, 6.45) is 0.160. The van der Waals surface area contributed by atoms with E-state index in [2.05, 4.69) is 0 Å². The minimum absolute atomic E-state index is 0.125. The molecule has 0 aliphatic rings. The van der Waals surface area contributed by atoms with Crippen molar-refractivity contribution < 1.29 is 19.5 Å². The number of carboxylic acids is 1. The number of carboxylic acid groups (broad SMARTS) is 1. The van der Waals surface area contributed by atoms with E-state index in [1.807, 2.05) is 0 Å². The molecule has 7 nitrogen and oxygen atoms in total. The molecule has 16 heavy (non-hydrogen) atoms. The Hall–Kier alpha value is -1.63. The minimum Gasteiger partial charge on any atom is -0.480 e. The molecule has 0 aromatic carbocycles. The topological polar surface area (TPSA) is 104 Å². The summed E-state index contributed by atoms with van der Waals surface area (Å²) in [6, 6.07) is 0. The number of hydrogen-bond acceptors (Lipinski definition) is 4. The summed E-state index contributed by atoms with van der Waals surface area (Å²) in [5.74, 6) is -1.79. The highest BCUT2D eigenvalue weighted by Gasteiger charge is 2.14. The van der Waals surface area contributed by atoms with Crippen molar-refractivity contribution in [3.8, 4) is 0 Å². The Bertz CT molecular complexity index is 262. The van der Waals surface area contributed by atoms with Crippen LogP contribution >= 0.6 is 0 Å². The van der Waals surface area contributed by atoms with Crippen LogP contribution in [0.5, 0.6) is 0 Å². The number of amides is 2. The highest BCUT2D eigenvalue weighted by atomic mass is 16.4. The minimum atomic E-state index is -1.06. The van der Waals surface area contributed by atoms with Gasteiger partial charge in [0.2, 0.25) is 11.8 Å². The van der Waals surface area contributed by atoms with Gasteiger partial charge in [0.15, 0.2) is 0 Å². The van der Waals surface area contributed by atoms with E-state index in [1.165, 1.54) is 9.80 Å². The molecule has 0 fully saturated rings. The van der Waals surface area contributed by atoms with E-state index in [0.717, 1.165) is 0 Å². The van der Waals surface area contributed by atoms with Gasteiger partial charge in [0.1, 0.15) is 0 Å². The lowest BCUT2D eigenvalue weighted by Gasteiger charge is -2.19. The zero-order valence-electron chi connectivity index (χ0n) is 9.47. The summed E-state index contributed by atoms with van der Waals surface area (Å²) in [6.45, 7) is -0.261. The Balaban J connectivity index is 4.15. The van der Waals surface area contributed by atoms with E-state index < -0.39 is 11.9 Å². The zero-order valence-corrected chi connectivity index (χ0v) is 9.47. The highest BCUT2D eigenvalue weighted by molar-refractivity contribution is 5.78. The number of primary amides is 1. The van der Waals surface area contributed by atoms with Crippen molar-refractivity contribution in [3.05, 3.63) is 0 Å².